The monoisotopic (exact) mass is 376 g/mol. The first kappa shape index (κ1) is 16.9. The number of nitrogens with zero attached hydrogens (tertiary/aromatic N) is 6. The van der Waals surface area contributed by atoms with Gasteiger partial charge < -0.3 is 9.42 Å². The van der Waals surface area contributed by atoms with Gasteiger partial charge in [0.05, 0.1) is 22.7 Å². The number of fused-ring (bicyclic) bond motifs is 2. The highest BCUT2D eigenvalue weighted by Crippen LogP contribution is 2.33. The van der Waals surface area contributed by atoms with Crippen LogP contribution < -0.4 is 0 Å². The zero-order chi connectivity index (χ0) is 19.3. The third-order valence-corrected chi connectivity index (χ3v) is 5.30. The fraction of sp³-hybridized carbons (Fsp3) is 0.350. The van der Waals surface area contributed by atoms with Crippen molar-refractivity contribution < 1.29 is 9.32 Å². The van der Waals surface area contributed by atoms with Crippen molar-refractivity contribution in [3.05, 3.63) is 53.7 Å². The zero-order valence-electron chi connectivity index (χ0n) is 15.7. The van der Waals surface area contributed by atoms with Crippen molar-refractivity contribution in [2.24, 2.45) is 0 Å². The molecule has 4 aromatic heterocycles. The van der Waals surface area contributed by atoms with Gasteiger partial charge in [-0.2, -0.15) is 0 Å². The molecular weight excluding hydrogens is 356 g/mol. The Morgan fingerprint density at radius 1 is 1.29 bits per heavy atom. The maximum atomic E-state index is 13.3. The van der Waals surface area contributed by atoms with Gasteiger partial charge in [0, 0.05) is 18.9 Å². The first-order valence-corrected chi connectivity index (χ1v) is 9.49. The second-order valence-electron chi connectivity index (χ2n) is 7.44. The number of likely N-dealkylation sites (tertiary alicyclic amines) is 1. The van der Waals surface area contributed by atoms with Crippen LogP contribution in [0.25, 0.3) is 16.7 Å². The van der Waals surface area contributed by atoms with E-state index in [2.05, 4.69) is 20.3 Å². The van der Waals surface area contributed by atoms with Gasteiger partial charge in [-0.1, -0.05) is 25.1 Å². The summed E-state index contributed by atoms with van der Waals surface area (Å²) in [5.41, 5.74) is 2.60. The van der Waals surface area contributed by atoms with Crippen LogP contribution in [0, 0.1) is 0 Å². The molecule has 5 heterocycles. The molecular formula is C20H20N6O2. The predicted molar refractivity (Wildman–Crippen MR) is 102 cm³/mol. The first-order valence-electron chi connectivity index (χ1n) is 9.49. The Morgan fingerprint density at radius 2 is 2.18 bits per heavy atom. The molecule has 1 saturated heterocycles. The standard InChI is InChI=1S/C20H20N6O2/c1-12(2)17-14-10-13(11-21-19(14)28-24-17)20(27)25-9-5-6-15(25)18-23-22-16-7-3-4-8-26(16)18/h3-4,7-8,10-12,15H,5-6,9H2,1-2H3. The number of hydrogen-bond acceptors (Lipinski definition) is 6. The summed E-state index contributed by atoms with van der Waals surface area (Å²) in [7, 11) is 0. The molecule has 0 aromatic carbocycles. The smallest absolute Gasteiger partial charge is 0.257 e. The largest absolute Gasteiger partial charge is 0.336 e. The summed E-state index contributed by atoms with van der Waals surface area (Å²) in [5, 5.41) is 13.5. The van der Waals surface area contributed by atoms with Gasteiger partial charge in [-0.25, -0.2) is 4.98 Å². The average molecular weight is 376 g/mol. The Morgan fingerprint density at radius 3 is 3.04 bits per heavy atom. The quantitative estimate of drug-likeness (QED) is 0.545. The maximum Gasteiger partial charge on any atom is 0.257 e. The van der Waals surface area contributed by atoms with Gasteiger partial charge in [-0.15, -0.1) is 10.2 Å². The van der Waals surface area contributed by atoms with Crippen LogP contribution in [0.3, 0.4) is 0 Å². The number of pyridine rings is 2. The number of hydrogen-bond donors (Lipinski definition) is 0. The summed E-state index contributed by atoms with van der Waals surface area (Å²) in [5.74, 6) is 0.930. The molecule has 0 spiro atoms. The van der Waals surface area contributed by atoms with Crippen LogP contribution in [0.1, 0.15) is 60.5 Å². The van der Waals surface area contributed by atoms with Gasteiger partial charge in [-0.3, -0.25) is 9.20 Å². The third kappa shape index (κ3) is 2.56. The predicted octanol–water partition coefficient (Wildman–Crippen LogP) is 3.37. The molecule has 1 aliphatic heterocycles. The fourth-order valence-corrected chi connectivity index (χ4v) is 3.91. The lowest BCUT2D eigenvalue weighted by molar-refractivity contribution is 0.0729. The highest BCUT2D eigenvalue weighted by atomic mass is 16.5. The van der Waals surface area contributed by atoms with Crippen LogP contribution in [0.4, 0.5) is 0 Å². The van der Waals surface area contributed by atoms with E-state index in [-0.39, 0.29) is 17.9 Å². The summed E-state index contributed by atoms with van der Waals surface area (Å²) in [6.07, 6.45) is 5.29. The number of aromatic nitrogens is 5. The Labute approximate surface area is 161 Å². The van der Waals surface area contributed by atoms with Gasteiger partial charge in [0.2, 0.25) is 0 Å². The molecule has 8 nitrogen and oxygen atoms in total. The highest BCUT2D eigenvalue weighted by Gasteiger charge is 2.34. The summed E-state index contributed by atoms with van der Waals surface area (Å²) in [6.45, 7) is 4.77. The normalized spacial score (nSPS) is 17.2. The van der Waals surface area contributed by atoms with E-state index >= 15 is 0 Å². The number of carbonyl (C=O) groups is 1. The average Bonchev–Trinajstić information content (AvgIpc) is 3.43. The molecule has 1 amide bonds. The summed E-state index contributed by atoms with van der Waals surface area (Å²) in [6, 6.07) is 7.52. The van der Waals surface area contributed by atoms with Crippen LogP contribution in [0.5, 0.6) is 0 Å². The van der Waals surface area contributed by atoms with Gasteiger partial charge in [0.25, 0.3) is 11.6 Å². The van der Waals surface area contributed by atoms with Crippen molar-refractivity contribution in [2.75, 3.05) is 6.54 Å². The van der Waals surface area contributed by atoms with Crippen LogP contribution in [0.15, 0.2) is 41.2 Å². The minimum Gasteiger partial charge on any atom is -0.336 e. The topological polar surface area (TPSA) is 89.4 Å². The van der Waals surface area contributed by atoms with Crippen LogP contribution >= 0.6 is 0 Å². The van der Waals surface area contributed by atoms with Crippen molar-refractivity contribution in [1.82, 2.24) is 29.6 Å². The molecule has 1 unspecified atom stereocenters. The van der Waals surface area contributed by atoms with E-state index in [0.717, 1.165) is 35.4 Å². The van der Waals surface area contributed by atoms with Crippen molar-refractivity contribution >= 4 is 22.7 Å². The van der Waals surface area contributed by atoms with Crippen molar-refractivity contribution in [3.8, 4) is 0 Å². The molecule has 28 heavy (non-hydrogen) atoms. The molecule has 4 aromatic rings. The molecule has 1 fully saturated rings. The minimum absolute atomic E-state index is 0.0551. The van der Waals surface area contributed by atoms with Gasteiger partial charge in [-0.05, 0) is 37.0 Å². The van der Waals surface area contributed by atoms with Crippen LogP contribution in [-0.4, -0.2) is 42.1 Å². The Balaban J connectivity index is 1.52. The lowest BCUT2D eigenvalue weighted by Crippen LogP contribution is -2.31. The molecule has 0 aliphatic carbocycles. The molecule has 8 heteroatoms. The number of rotatable bonds is 3. The van der Waals surface area contributed by atoms with Gasteiger partial charge in [0.15, 0.2) is 11.5 Å². The number of carbonyl (C=O) groups excluding carboxylic acids is 1. The highest BCUT2D eigenvalue weighted by molar-refractivity contribution is 5.97. The SMILES string of the molecule is CC(C)c1noc2ncc(C(=O)N3CCCC3c3nnc4ccccn34)cc12. The number of amides is 1. The minimum atomic E-state index is -0.104. The molecule has 0 radical (unpaired) electrons. The van der Waals surface area contributed by atoms with E-state index in [9.17, 15) is 4.79 Å². The Hall–Kier alpha value is -3.29. The van der Waals surface area contributed by atoms with Gasteiger partial charge in [0.1, 0.15) is 0 Å². The maximum absolute atomic E-state index is 13.3. The molecule has 0 bridgehead atoms. The van der Waals surface area contributed by atoms with Crippen LogP contribution in [0.2, 0.25) is 0 Å². The van der Waals surface area contributed by atoms with Gasteiger partial charge >= 0.3 is 0 Å². The van der Waals surface area contributed by atoms with E-state index in [1.165, 1.54) is 0 Å². The molecule has 0 saturated carbocycles. The summed E-state index contributed by atoms with van der Waals surface area (Å²) in [4.78, 5) is 19.5. The zero-order valence-corrected chi connectivity index (χ0v) is 15.7. The van der Waals surface area contributed by atoms with Crippen molar-refractivity contribution in [3.63, 3.8) is 0 Å². The van der Waals surface area contributed by atoms with E-state index in [1.807, 2.05) is 53.6 Å². The fourth-order valence-electron chi connectivity index (χ4n) is 3.91. The van der Waals surface area contributed by atoms with E-state index in [0.29, 0.717) is 17.8 Å². The lowest BCUT2D eigenvalue weighted by Gasteiger charge is -2.23. The Bertz CT molecular complexity index is 1180. The second-order valence-corrected chi connectivity index (χ2v) is 7.44. The first-order chi connectivity index (χ1) is 13.6. The van der Waals surface area contributed by atoms with E-state index < -0.39 is 0 Å². The molecule has 0 N–H and O–H groups in total. The van der Waals surface area contributed by atoms with Crippen LogP contribution in [-0.2, 0) is 0 Å². The lowest BCUT2D eigenvalue weighted by atomic mass is 10.1. The molecule has 1 aliphatic rings. The third-order valence-electron chi connectivity index (χ3n) is 5.30. The van der Waals surface area contributed by atoms with E-state index in [1.54, 1.807) is 6.20 Å². The molecule has 5 rings (SSSR count). The van der Waals surface area contributed by atoms with Crippen molar-refractivity contribution in [2.45, 2.75) is 38.6 Å². The van der Waals surface area contributed by atoms with E-state index in [4.69, 9.17) is 4.52 Å². The summed E-state index contributed by atoms with van der Waals surface area (Å²) >= 11 is 0. The second kappa shape index (κ2) is 6.40. The Kier molecular flexibility index (Phi) is 3.85. The van der Waals surface area contributed by atoms with Crippen molar-refractivity contribution in [1.29, 1.82) is 0 Å². The summed E-state index contributed by atoms with van der Waals surface area (Å²) < 4.78 is 7.24. The molecule has 142 valence electrons. The molecule has 1 atom stereocenters.